The summed E-state index contributed by atoms with van der Waals surface area (Å²) in [7, 11) is 1.76. The monoisotopic (exact) mass is 367 g/mol. The summed E-state index contributed by atoms with van der Waals surface area (Å²) in [5, 5.41) is 3.04. The molecule has 0 bridgehead atoms. The Morgan fingerprint density at radius 1 is 1.04 bits per heavy atom. The molecular weight excluding hydrogens is 338 g/mol. The van der Waals surface area contributed by atoms with Crippen LogP contribution < -0.4 is 5.32 Å². The van der Waals surface area contributed by atoms with Crippen LogP contribution >= 0.6 is 0 Å². The second-order valence-electron chi connectivity index (χ2n) is 8.35. The van der Waals surface area contributed by atoms with Gasteiger partial charge in [0.05, 0.1) is 23.9 Å². The Labute approximate surface area is 161 Å². The van der Waals surface area contributed by atoms with Gasteiger partial charge in [0.2, 0.25) is 0 Å². The fourth-order valence-electron chi connectivity index (χ4n) is 4.60. The van der Waals surface area contributed by atoms with Crippen LogP contribution in [-0.4, -0.2) is 41.4 Å². The molecule has 1 N–H and O–H groups in total. The van der Waals surface area contributed by atoms with Gasteiger partial charge in [0.15, 0.2) is 0 Å². The van der Waals surface area contributed by atoms with E-state index < -0.39 is 0 Å². The van der Waals surface area contributed by atoms with Gasteiger partial charge in [0.25, 0.3) is 5.91 Å². The molecule has 4 rings (SSSR count). The molecule has 2 aliphatic heterocycles. The number of likely N-dealkylation sites (N-methyl/N-ethyl adjacent to an activating group) is 1. The van der Waals surface area contributed by atoms with Gasteiger partial charge in [-0.1, -0.05) is 57.4 Å². The minimum atomic E-state index is -0.356. The molecule has 144 valence electrons. The standard InChI is InChI=1S/C22H29N3O2/c1-14(2)15-9-11-16(12-10-15)20-19-18(24(3)22(27)23-20)13-25(21(19)26)17-7-5-4-6-8-17/h9-12,14,17,20H,4-8,13H2,1-3H3,(H,23,27)/t20-/m1/s1. The van der Waals surface area contributed by atoms with Gasteiger partial charge < -0.3 is 10.2 Å². The molecule has 2 heterocycles. The Hall–Kier alpha value is -2.30. The minimum absolute atomic E-state index is 0.0988. The van der Waals surface area contributed by atoms with Crippen molar-refractivity contribution in [2.75, 3.05) is 13.6 Å². The van der Waals surface area contributed by atoms with E-state index in [2.05, 4.69) is 31.3 Å². The Balaban J connectivity index is 1.66. The fourth-order valence-corrected chi connectivity index (χ4v) is 4.60. The second kappa shape index (κ2) is 7.02. The molecular formula is C22H29N3O2. The third kappa shape index (κ3) is 3.13. The SMILES string of the molecule is CC(C)c1ccc([C@H]2NC(=O)N(C)C3=C2C(=O)N(C2CCCCC2)C3)cc1. The molecule has 1 saturated carbocycles. The van der Waals surface area contributed by atoms with E-state index in [0.29, 0.717) is 18.5 Å². The van der Waals surface area contributed by atoms with Crippen LogP contribution in [0.15, 0.2) is 35.5 Å². The highest BCUT2D eigenvalue weighted by Crippen LogP contribution is 2.38. The Morgan fingerprint density at radius 3 is 2.33 bits per heavy atom. The number of carbonyl (C=O) groups excluding carboxylic acids is 2. The van der Waals surface area contributed by atoms with Crippen LogP contribution in [0.5, 0.6) is 0 Å². The maximum Gasteiger partial charge on any atom is 0.322 e. The molecule has 1 aliphatic carbocycles. The van der Waals surface area contributed by atoms with Crippen molar-refractivity contribution >= 4 is 11.9 Å². The van der Waals surface area contributed by atoms with Crippen molar-refractivity contribution < 1.29 is 9.59 Å². The quantitative estimate of drug-likeness (QED) is 0.880. The normalized spacial score (nSPS) is 23.9. The van der Waals surface area contributed by atoms with Crippen LogP contribution in [-0.2, 0) is 4.79 Å². The van der Waals surface area contributed by atoms with E-state index in [1.165, 1.54) is 24.8 Å². The van der Waals surface area contributed by atoms with Gasteiger partial charge in [0, 0.05) is 13.1 Å². The summed E-state index contributed by atoms with van der Waals surface area (Å²) in [4.78, 5) is 29.5. The van der Waals surface area contributed by atoms with Crippen molar-refractivity contribution in [1.29, 1.82) is 0 Å². The molecule has 3 aliphatic rings. The van der Waals surface area contributed by atoms with Gasteiger partial charge in [-0.2, -0.15) is 0 Å². The average molecular weight is 367 g/mol. The van der Waals surface area contributed by atoms with Crippen LogP contribution in [0.1, 0.15) is 69.0 Å². The lowest BCUT2D eigenvalue weighted by Crippen LogP contribution is -2.45. The zero-order valence-corrected chi connectivity index (χ0v) is 16.5. The van der Waals surface area contributed by atoms with Crippen molar-refractivity contribution in [1.82, 2.24) is 15.1 Å². The third-order valence-electron chi connectivity index (χ3n) is 6.34. The number of urea groups is 1. The molecule has 0 saturated heterocycles. The molecule has 0 radical (unpaired) electrons. The smallest absolute Gasteiger partial charge is 0.322 e. The summed E-state index contributed by atoms with van der Waals surface area (Å²) in [5.74, 6) is 0.553. The Kier molecular flexibility index (Phi) is 4.70. The molecule has 5 heteroatoms. The molecule has 1 aromatic carbocycles. The molecule has 1 atom stereocenters. The number of hydrogen-bond donors (Lipinski definition) is 1. The van der Waals surface area contributed by atoms with Gasteiger partial charge in [0.1, 0.15) is 0 Å². The summed E-state index contributed by atoms with van der Waals surface area (Å²) in [6.07, 6.45) is 5.78. The summed E-state index contributed by atoms with van der Waals surface area (Å²) >= 11 is 0. The van der Waals surface area contributed by atoms with Crippen molar-refractivity contribution in [2.24, 2.45) is 0 Å². The number of nitrogens with zero attached hydrogens (tertiary/aromatic N) is 2. The highest BCUT2D eigenvalue weighted by molar-refractivity contribution is 6.01. The molecule has 0 unspecified atom stereocenters. The summed E-state index contributed by atoms with van der Waals surface area (Å²) in [6, 6.07) is 8.12. The number of carbonyl (C=O) groups is 2. The first-order valence-corrected chi connectivity index (χ1v) is 10.2. The van der Waals surface area contributed by atoms with Crippen molar-refractivity contribution in [3.8, 4) is 0 Å². The molecule has 1 aromatic rings. The van der Waals surface area contributed by atoms with Crippen molar-refractivity contribution in [2.45, 2.75) is 64.0 Å². The number of benzene rings is 1. The number of nitrogens with one attached hydrogen (secondary N) is 1. The van der Waals surface area contributed by atoms with Crippen LogP contribution in [0.3, 0.4) is 0 Å². The van der Waals surface area contributed by atoms with Gasteiger partial charge in [-0.15, -0.1) is 0 Å². The van der Waals surface area contributed by atoms with Crippen LogP contribution in [0, 0.1) is 0 Å². The van der Waals surface area contributed by atoms with Gasteiger partial charge in [-0.3, -0.25) is 9.69 Å². The summed E-state index contributed by atoms with van der Waals surface area (Å²) < 4.78 is 0. The Morgan fingerprint density at radius 2 is 1.70 bits per heavy atom. The maximum absolute atomic E-state index is 13.3. The topological polar surface area (TPSA) is 52.7 Å². The highest BCUT2D eigenvalue weighted by Gasteiger charge is 2.44. The molecule has 0 aromatic heterocycles. The first kappa shape index (κ1) is 18.1. The number of amides is 3. The van der Waals surface area contributed by atoms with Gasteiger partial charge in [-0.25, -0.2) is 4.79 Å². The number of rotatable bonds is 3. The van der Waals surface area contributed by atoms with Gasteiger partial charge >= 0.3 is 6.03 Å². The van der Waals surface area contributed by atoms with E-state index >= 15 is 0 Å². The lowest BCUT2D eigenvalue weighted by Gasteiger charge is -2.31. The third-order valence-corrected chi connectivity index (χ3v) is 6.34. The molecule has 0 spiro atoms. The Bertz CT molecular complexity index is 775. The summed E-state index contributed by atoms with van der Waals surface area (Å²) in [5.41, 5.74) is 3.85. The molecule has 3 amide bonds. The first-order chi connectivity index (χ1) is 13.0. The molecule has 1 fully saturated rings. The second-order valence-corrected chi connectivity index (χ2v) is 8.35. The summed E-state index contributed by atoms with van der Waals surface area (Å²) in [6.45, 7) is 4.88. The lowest BCUT2D eigenvalue weighted by molar-refractivity contribution is -0.128. The average Bonchev–Trinajstić information content (AvgIpc) is 3.03. The van der Waals surface area contributed by atoms with Crippen molar-refractivity contribution in [3.63, 3.8) is 0 Å². The minimum Gasteiger partial charge on any atom is -0.330 e. The zero-order chi connectivity index (χ0) is 19.1. The lowest BCUT2D eigenvalue weighted by atomic mass is 9.92. The van der Waals surface area contributed by atoms with E-state index in [-0.39, 0.29) is 18.0 Å². The highest BCUT2D eigenvalue weighted by atomic mass is 16.2. The first-order valence-electron chi connectivity index (χ1n) is 10.2. The largest absolute Gasteiger partial charge is 0.330 e. The van der Waals surface area contributed by atoms with Crippen molar-refractivity contribution in [3.05, 3.63) is 46.7 Å². The number of hydrogen-bond acceptors (Lipinski definition) is 2. The zero-order valence-electron chi connectivity index (χ0n) is 16.5. The van der Waals surface area contributed by atoms with E-state index in [1.54, 1.807) is 11.9 Å². The van der Waals surface area contributed by atoms with E-state index in [0.717, 1.165) is 29.7 Å². The van der Waals surface area contributed by atoms with E-state index in [9.17, 15) is 9.59 Å². The fraction of sp³-hybridized carbons (Fsp3) is 0.545. The molecule has 27 heavy (non-hydrogen) atoms. The van der Waals surface area contributed by atoms with Gasteiger partial charge in [-0.05, 0) is 29.9 Å². The van der Waals surface area contributed by atoms with E-state index in [1.807, 2.05) is 17.0 Å². The predicted octanol–water partition coefficient (Wildman–Crippen LogP) is 3.94. The predicted molar refractivity (Wildman–Crippen MR) is 105 cm³/mol. The van der Waals surface area contributed by atoms with E-state index in [4.69, 9.17) is 0 Å². The van der Waals surface area contributed by atoms with Crippen LogP contribution in [0.4, 0.5) is 4.79 Å². The van der Waals surface area contributed by atoms with Crippen LogP contribution in [0.2, 0.25) is 0 Å². The molecule has 5 nitrogen and oxygen atoms in total. The van der Waals surface area contributed by atoms with Crippen LogP contribution in [0.25, 0.3) is 0 Å². The maximum atomic E-state index is 13.3.